The molecule has 0 aromatic heterocycles. The van der Waals surface area contributed by atoms with Crippen molar-refractivity contribution >= 4 is 0 Å². The average Bonchev–Trinajstić information content (AvgIpc) is 2.41. The van der Waals surface area contributed by atoms with E-state index in [9.17, 15) is 5.11 Å². The molecule has 1 saturated carbocycles. The third-order valence-corrected chi connectivity index (χ3v) is 5.05. The van der Waals surface area contributed by atoms with Crippen molar-refractivity contribution in [3.63, 3.8) is 0 Å². The number of hydrogen-bond donors (Lipinski definition) is 1. The summed E-state index contributed by atoms with van der Waals surface area (Å²) in [4.78, 5) is 0. The van der Waals surface area contributed by atoms with Crippen LogP contribution in [0, 0.1) is 18.3 Å². The summed E-state index contributed by atoms with van der Waals surface area (Å²) in [5.41, 5.74) is 1.52. The Balaban J connectivity index is 2.06. The van der Waals surface area contributed by atoms with Crippen LogP contribution in [0.15, 0.2) is 24.3 Å². The molecule has 2 rings (SSSR count). The lowest BCUT2D eigenvalue weighted by molar-refractivity contribution is -0.0333. The van der Waals surface area contributed by atoms with E-state index in [0.29, 0.717) is 11.3 Å². The zero-order chi connectivity index (χ0) is 14.8. The van der Waals surface area contributed by atoms with Gasteiger partial charge in [-0.05, 0) is 55.2 Å². The zero-order valence-corrected chi connectivity index (χ0v) is 13.2. The Bertz CT molecular complexity index is 439. The summed E-state index contributed by atoms with van der Waals surface area (Å²) >= 11 is 0. The van der Waals surface area contributed by atoms with Gasteiger partial charge in [-0.1, -0.05) is 39.3 Å². The molecule has 1 aromatic carbocycles. The monoisotopic (exact) mass is 276 g/mol. The highest BCUT2D eigenvalue weighted by molar-refractivity contribution is 5.27. The lowest BCUT2D eigenvalue weighted by atomic mass is 9.68. The number of hydrogen-bond acceptors (Lipinski definition) is 2. The molecule has 0 amide bonds. The molecule has 1 aromatic rings. The van der Waals surface area contributed by atoms with Crippen LogP contribution in [0.2, 0.25) is 0 Å². The van der Waals surface area contributed by atoms with Gasteiger partial charge in [0.25, 0.3) is 0 Å². The van der Waals surface area contributed by atoms with Crippen LogP contribution in [0.5, 0.6) is 5.75 Å². The lowest BCUT2D eigenvalue weighted by Gasteiger charge is -2.41. The normalized spacial score (nSPS) is 27.4. The van der Waals surface area contributed by atoms with E-state index in [2.05, 4.69) is 33.8 Å². The molecule has 1 aliphatic rings. The smallest absolute Gasteiger partial charge is 0.125 e. The van der Waals surface area contributed by atoms with Gasteiger partial charge >= 0.3 is 0 Å². The van der Waals surface area contributed by atoms with Gasteiger partial charge in [-0.15, -0.1) is 0 Å². The van der Waals surface area contributed by atoms with Crippen molar-refractivity contribution in [2.75, 3.05) is 0 Å². The molecule has 1 N–H and O–H groups in total. The van der Waals surface area contributed by atoms with Crippen LogP contribution in [-0.4, -0.2) is 17.3 Å². The van der Waals surface area contributed by atoms with Crippen molar-refractivity contribution in [2.45, 2.75) is 65.6 Å². The summed E-state index contributed by atoms with van der Waals surface area (Å²) in [6.45, 7) is 8.98. The van der Waals surface area contributed by atoms with E-state index in [1.54, 1.807) is 0 Å². The summed E-state index contributed by atoms with van der Waals surface area (Å²) in [5.74, 6) is 1.51. The highest BCUT2D eigenvalue weighted by atomic mass is 16.5. The quantitative estimate of drug-likeness (QED) is 0.886. The van der Waals surface area contributed by atoms with Crippen molar-refractivity contribution in [2.24, 2.45) is 11.3 Å². The van der Waals surface area contributed by atoms with Gasteiger partial charge in [-0.3, -0.25) is 0 Å². The molecule has 2 heteroatoms. The second-order valence-corrected chi connectivity index (χ2v) is 6.89. The highest BCUT2D eigenvalue weighted by Crippen LogP contribution is 2.41. The van der Waals surface area contributed by atoms with Crippen molar-refractivity contribution in [3.8, 4) is 5.75 Å². The van der Waals surface area contributed by atoms with Crippen molar-refractivity contribution in [1.29, 1.82) is 0 Å². The predicted molar refractivity (Wildman–Crippen MR) is 83.0 cm³/mol. The number of ether oxygens (including phenoxy) is 1. The fourth-order valence-corrected chi connectivity index (χ4v) is 3.10. The molecular weight excluding hydrogens is 248 g/mol. The summed E-state index contributed by atoms with van der Waals surface area (Å²) in [5, 5.41) is 10.2. The number of rotatable bonds is 4. The Morgan fingerprint density at radius 3 is 2.70 bits per heavy atom. The molecule has 0 heterocycles. The number of aliphatic hydroxyl groups excluding tert-OH is 1. The molecule has 2 nitrogen and oxygen atoms in total. The van der Waals surface area contributed by atoms with Crippen LogP contribution >= 0.6 is 0 Å². The first-order valence-electron chi connectivity index (χ1n) is 7.84. The van der Waals surface area contributed by atoms with E-state index in [0.717, 1.165) is 25.0 Å². The first-order valence-corrected chi connectivity index (χ1v) is 7.84. The van der Waals surface area contributed by atoms with Crippen LogP contribution in [0.1, 0.15) is 52.0 Å². The van der Waals surface area contributed by atoms with Crippen LogP contribution in [0.3, 0.4) is 0 Å². The molecular formula is C18H28O2. The van der Waals surface area contributed by atoms with Crippen molar-refractivity contribution < 1.29 is 9.84 Å². The lowest BCUT2D eigenvalue weighted by Crippen LogP contribution is -2.42. The zero-order valence-electron chi connectivity index (χ0n) is 13.2. The number of aliphatic hydroxyl groups is 1. The van der Waals surface area contributed by atoms with Crippen LogP contribution in [-0.2, 0) is 0 Å². The predicted octanol–water partition coefficient (Wildman–Crippen LogP) is 4.34. The van der Waals surface area contributed by atoms with E-state index in [1.165, 1.54) is 12.0 Å². The van der Waals surface area contributed by atoms with E-state index in [1.807, 2.05) is 18.2 Å². The van der Waals surface area contributed by atoms with Gasteiger partial charge in [-0.25, -0.2) is 0 Å². The van der Waals surface area contributed by atoms with Gasteiger partial charge in [0.1, 0.15) is 11.9 Å². The van der Waals surface area contributed by atoms with Gasteiger partial charge in [0, 0.05) is 0 Å². The van der Waals surface area contributed by atoms with Gasteiger partial charge in [0.15, 0.2) is 0 Å². The Morgan fingerprint density at radius 2 is 2.05 bits per heavy atom. The third-order valence-electron chi connectivity index (χ3n) is 5.05. The Labute approximate surface area is 123 Å². The van der Waals surface area contributed by atoms with Crippen molar-refractivity contribution in [1.82, 2.24) is 0 Å². The molecule has 0 bridgehead atoms. The molecule has 1 aliphatic carbocycles. The summed E-state index contributed by atoms with van der Waals surface area (Å²) in [6, 6.07) is 8.09. The second-order valence-electron chi connectivity index (χ2n) is 6.89. The maximum absolute atomic E-state index is 10.2. The van der Waals surface area contributed by atoms with E-state index < -0.39 is 0 Å². The van der Waals surface area contributed by atoms with Gasteiger partial charge in [0.2, 0.25) is 0 Å². The van der Waals surface area contributed by atoms with Crippen molar-refractivity contribution in [3.05, 3.63) is 29.8 Å². The summed E-state index contributed by atoms with van der Waals surface area (Å²) in [7, 11) is 0. The van der Waals surface area contributed by atoms with E-state index >= 15 is 0 Å². The molecule has 3 unspecified atom stereocenters. The highest BCUT2D eigenvalue weighted by Gasteiger charge is 2.37. The summed E-state index contributed by atoms with van der Waals surface area (Å²) in [6.07, 6.45) is 3.68. The SMILES string of the molecule is CCC(C)(C)C1CCC(O)C(Oc2cccc(C)c2)C1. The minimum atomic E-state index is -0.334. The maximum atomic E-state index is 10.2. The molecule has 0 spiro atoms. The van der Waals surface area contributed by atoms with E-state index in [-0.39, 0.29) is 12.2 Å². The molecule has 0 saturated heterocycles. The molecule has 20 heavy (non-hydrogen) atoms. The fraction of sp³-hybridized carbons (Fsp3) is 0.667. The maximum Gasteiger partial charge on any atom is 0.125 e. The minimum Gasteiger partial charge on any atom is -0.488 e. The number of benzene rings is 1. The molecule has 112 valence electrons. The largest absolute Gasteiger partial charge is 0.488 e. The Hall–Kier alpha value is -1.02. The first-order chi connectivity index (χ1) is 9.42. The molecule has 3 atom stereocenters. The second kappa shape index (κ2) is 6.17. The molecule has 0 aliphatic heterocycles. The van der Waals surface area contributed by atoms with Crippen LogP contribution in [0.4, 0.5) is 0 Å². The molecule has 1 fully saturated rings. The average molecular weight is 276 g/mol. The first kappa shape index (κ1) is 15.4. The topological polar surface area (TPSA) is 29.5 Å². The van der Waals surface area contributed by atoms with E-state index in [4.69, 9.17) is 4.74 Å². The minimum absolute atomic E-state index is 0.0682. The van der Waals surface area contributed by atoms with Gasteiger partial charge in [0.05, 0.1) is 6.10 Å². The third kappa shape index (κ3) is 3.54. The fourth-order valence-electron chi connectivity index (χ4n) is 3.10. The standard InChI is InChI=1S/C18H28O2/c1-5-18(3,4)14-9-10-16(19)17(12-14)20-15-8-6-7-13(2)11-15/h6-8,11,14,16-17,19H,5,9-10,12H2,1-4H3. The van der Waals surface area contributed by atoms with Crippen LogP contribution in [0.25, 0.3) is 0 Å². The van der Waals surface area contributed by atoms with Gasteiger partial charge in [-0.2, -0.15) is 0 Å². The Kier molecular flexibility index (Phi) is 4.74. The summed E-state index contributed by atoms with van der Waals surface area (Å²) < 4.78 is 6.07. The van der Waals surface area contributed by atoms with Gasteiger partial charge < -0.3 is 9.84 Å². The molecule has 0 radical (unpaired) electrons. The Morgan fingerprint density at radius 1 is 1.30 bits per heavy atom. The van der Waals surface area contributed by atoms with Crippen LogP contribution < -0.4 is 4.74 Å². The number of aryl methyl sites for hydroxylation is 1.